The standard InChI is InChI=1S/C12H19N3O2/c1-3-4-9-6-15(7-9)11(12(16)17)10-5-13-14(2)8-10/h5,8-9,11H,3-4,6-7H2,1-2H3,(H,16,17). The highest BCUT2D eigenvalue weighted by molar-refractivity contribution is 5.75. The number of likely N-dealkylation sites (tertiary alicyclic amines) is 1. The van der Waals surface area contributed by atoms with Crippen molar-refractivity contribution in [2.45, 2.75) is 25.8 Å². The second-order valence-corrected chi connectivity index (χ2v) is 4.80. The van der Waals surface area contributed by atoms with E-state index in [1.54, 1.807) is 24.1 Å². The first-order chi connectivity index (χ1) is 8.11. The van der Waals surface area contributed by atoms with Crippen LogP contribution in [-0.4, -0.2) is 38.8 Å². The minimum atomic E-state index is -0.784. The third-order valence-electron chi connectivity index (χ3n) is 3.32. The van der Waals surface area contributed by atoms with Gasteiger partial charge in [0, 0.05) is 31.9 Å². The van der Waals surface area contributed by atoms with E-state index < -0.39 is 12.0 Å². The van der Waals surface area contributed by atoms with Crippen LogP contribution >= 0.6 is 0 Å². The zero-order valence-electron chi connectivity index (χ0n) is 10.3. The molecule has 1 fully saturated rings. The van der Waals surface area contributed by atoms with Crippen molar-refractivity contribution in [3.63, 3.8) is 0 Å². The maximum absolute atomic E-state index is 11.3. The number of aliphatic carboxylic acids is 1. The van der Waals surface area contributed by atoms with E-state index in [0.29, 0.717) is 5.92 Å². The molecule has 17 heavy (non-hydrogen) atoms. The summed E-state index contributed by atoms with van der Waals surface area (Å²) in [7, 11) is 1.80. The van der Waals surface area contributed by atoms with Gasteiger partial charge in [-0.15, -0.1) is 0 Å². The van der Waals surface area contributed by atoms with E-state index in [1.165, 1.54) is 12.8 Å². The van der Waals surface area contributed by atoms with E-state index in [2.05, 4.69) is 12.0 Å². The summed E-state index contributed by atoms with van der Waals surface area (Å²) < 4.78 is 1.65. The zero-order chi connectivity index (χ0) is 12.4. The topological polar surface area (TPSA) is 58.4 Å². The summed E-state index contributed by atoms with van der Waals surface area (Å²) in [5, 5.41) is 13.4. The van der Waals surface area contributed by atoms with E-state index in [0.717, 1.165) is 18.7 Å². The molecule has 1 aliphatic heterocycles. The molecule has 1 aliphatic rings. The molecule has 0 bridgehead atoms. The molecule has 0 saturated carbocycles. The van der Waals surface area contributed by atoms with Gasteiger partial charge in [0.25, 0.3) is 0 Å². The van der Waals surface area contributed by atoms with Crippen LogP contribution in [0.1, 0.15) is 31.4 Å². The summed E-state index contributed by atoms with van der Waals surface area (Å²) in [6.07, 6.45) is 5.79. The molecule has 1 aromatic rings. The van der Waals surface area contributed by atoms with Crippen molar-refractivity contribution in [3.05, 3.63) is 18.0 Å². The summed E-state index contributed by atoms with van der Waals surface area (Å²) in [6, 6.07) is -0.531. The van der Waals surface area contributed by atoms with Crippen LogP contribution < -0.4 is 0 Å². The van der Waals surface area contributed by atoms with Gasteiger partial charge in [-0.1, -0.05) is 13.3 Å². The van der Waals surface area contributed by atoms with Crippen LogP contribution in [0.15, 0.2) is 12.4 Å². The van der Waals surface area contributed by atoms with Crippen LogP contribution in [0.5, 0.6) is 0 Å². The summed E-state index contributed by atoms with van der Waals surface area (Å²) >= 11 is 0. The highest BCUT2D eigenvalue weighted by Crippen LogP contribution is 2.30. The molecule has 0 spiro atoms. The van der Waals surface area contributed by atoms with Crippen molar-refractivity contribution in [3.8, 4) is 0 Å². The lowest BCUT2D eigenvalue weighted by molar-refractivity contribution is -0.146. The molecule has 94 valence electrons. The lowest BCUT2D eigenvalue weighted by atomic mass is 9.92. The molecular weight excluding hydrogens is 218 g/mol. The van der Waals surface area contributed by atoms with Crippen molar-refractivity contribution >= 4 is 5.97 Å². The molecule has 1 unspecified atom stereocenters. The third kappa shape index (κ3) is 2.49. The normalized spacial score (nSPS) is 18.9. The second-order valence-electron chi connectivity index (χ2n) is 4.80. The molecule has 0 aromatic carbocycles. The Morgan fingerprint density at radius 1 is 1.65 bits per heavy atom. The largest absolute Gasteiger partial charge is 0.480 e. The second kappa shape index (κ2) is 4.87. The van der Waals surface area contributed by atoms with Crippen LogP contribution in [0, 0.1) is 5.92 Å². The molecule has 2 rings (SSSR count). The SMILES string of the molecule is CCCC1CN(C(C(=O)O)c2cnn(C)c2)C1. The van der Waals surface area contributed by atoms with Crippen molar-refractivity contribution in [2.24, 2.45) is 13.0 Å². The van der Waals surface area contributed by atoms with E-state index in [4.69, 9.17) is 0 Å². The minimum absolute atomic E-state index is 0.531. The summed E-state index contributed by atoms with van der Waals surface area (Å²) in [4.78, 5) is 13.3. The number of aryl methyl sites for hydroxylation is 1. The Morgan fingerprint density at radius 2 is 2.35 bits per heavy atom. The number of hydrogen-bond donors (Lipinski definition) is 1. The average molecular weight is 237 g/mol. The molecule has 1 atom stereocenters. The fourth-order valence-electron chi connectivity index (χ4n) is 2.50. The molecule has 5 heteroatoms. The molecule has 2 heterocycles. The van der Waals surface area contributed by atoms with Gasteiger partial charge in [0.2, 0.25) is 0 Å². The van der Waals surface area contributed by atoms with E-state index in [-0.39, 0.29) is 0 Å². The number of carboxylic acid groups (broad SMARTS) is 1. The van der Waals surface area contributed by atoms with Crippen LogP contribution in [0.4, 0.5) is 0 Å². The molecule has 0 amide bonds. The molecular formula is C12H19N3O2. The van der Waals surface area contributed by atoms with Crippen LogP contribution in [-0.2, 0) is 11.8 Å². The Balaban J connectivity index is 2.03. The van der Waals surface area contributed by atoms with Crippen LogP contribution in [0.2, 0.25) is 0 Å². The highest BCUT2D eigenvalue weighted by Gasteiger charge is 2.37. The quantitative estimate of drug-likeness (QED) is 0.838. The number of aromatic nitrogens is 2. The lowest BCUT2D eigenvalue weighted by Gasteiger charge is -2.42. The Hall–Kier alpha value is -1.36. The maximum atomic E-state index is 11.3. The zero-order valence-corrected chi connectivity index (χ0v) is 10.3. The lowest BCUT2D eigenvalue weighted by Crippen LogP contribution is -2.50. The van der Waals surface area contributed by atoms with Gasteiger partial charge in [0.05, 0.1) is 6.20 Å². The fraction of sp³-hybridized carbons (Fsp3) is 0.667. The van der Waals surface area contributed by atoms with E-state index in [9.17, 15) is 9.90 Å². The average Bonchev–Trinajstić information content (AvgIpc) is 2.61. The Morgan fingerprint density at radius 3 is 2.82 bits per heavy atom. The number of carboxylic acids is 1. The Bertz CT molecular complexity index is 396. The Labute approximate surface area is 101 Å². The van der Waals surface area contributed by atoms with Gasteiger partial charge >= 0.3 is 5.97 Å². The van der Waals surface area contributed by atoms with Gasteiger partial charge in [0.1, 0.15) is 6.04 Å². The highest BCUT2D eigenvalue weighted by atomic mass is 16.4. The monoisotopic (exact) mass is 237 g/mol. The maximum Gasteiger partial charge on any atom is 0.325 e. The van der Waals surface area contributed by atoms with Gasteiger partial charge in [-0.05, 0) is 12.3 Å². The van der Waals surface area contributed by atoms with Crippen LogP contribution in [0.3, 0.4) is 0 Å². The summed E-state index contributed by atoms with van der Waals surface area (Å²) in [5.41, 5.74) is 0.773. The number of nitrogens with zero attached hydrogens (tertiary/aromatic N) is 3. The van der Waals surface area contributed by atoms with E-state index in [1.807, 2.05) is 4.90 Å². The third-order valence-corrected chi connectivity index (χ3v) is 3.32. The summed E-state index contributed by atoms with van der Waals surface area (Å²) in [6.45, 7) is 3.94. The number of carbonyl (C=O) groups is 1. The molecule has 5 nitrogen and oxygen atoms in total. The molecule has 1 aromatic heterocycles. The number of rotatable bonds is 5. The first-order valence-electron chi connectivity index (χ1n) is 6.07. The smallest absolute Gasteiger partial charge is 0.325 e. The van der Waals surface area contributed by atoms with Gasteiger partial charge < -0.3 is 5.11 Å². The van der Waals surface area contributed by atoms with Crippen LogP contribution in [0.25, 0.3) is 0 Å². The van der Waals surface area contributed by atoms with E-state index >= 15 is 0 Å². The molecule has 0 aliphatic carbocycles. The first-order valence-corrected chi connectivity index (χ1v) is 6.07. The van der Waals surface area contributed by atoms with Crippen molar-refractivity contribution < 1.29 is 9.90 Å². The number of hydrogen-bond acceptors (Lipinski definition) is 3. The van der Waals surface area contributed by atoms with Crippen molar-refractivity contribution in [2.75, 3.05) is 13.1 Å². The van der Waals surface area contributed by atoms with Crippen molar-refractivity contribution in [1.82, 2.24) is 14.7 Å². The molecule has 1 N–H and O–H groups in total. The fourth-order valence-corrected chi connectivity index (χ4v) is 2.50. The Kier molecular flexibility index (Phi) is 3.47. The minimum Gasteiger partial charge on any atom is -0.480 e. The summed E-state index contributed by atoms with van der Waals surface area (Å²) in [5.74, 6) is -0.119. The molecule has 1 saturated heterocycles. The van der Waals surface area contributed by atoms with Crippen molar-refractivity contribution in [1.29, 1.82) is 0 Å². The predicted octanol–water partition coefficient (Wildman–Crippen LogP) is 1.28. The van der Waals surface area contributed by atoms with Gasteiger partial charge in [-0.25, -0.2) is 0 Å². The molecule has 0 radical (unpaired) electrons. The first kappa shape index (κ1) is 12.1. The van der Waals surface area contributed by atoms with Gasteiger partial charge in [-0.2, -0.15) is 5.10 Å². The van der Waals surface area contributed by atoms with Gasteiger partial charge in [-0.3, -0.25) is 14.4 Å². The van der Waals surface area contributed by atoms with Gasteiger partial charge in [0.15, 0.2) is 0 Å². The predicted molar refractivity (Wildman–Crippen MR) is 63.6 cm³/mol.